The van der Waals surface area contributed by atoms with Gasteiger partial charge < -0.3 is 0 Å². The van der Waals surface area contributed by atoms with Gasteiger partial charge >= 0.3 is 0 Å². The number of alkyl halides is 1. The van der Waals surface area contributed by atoms with E-state index in [9.17, 15) is 0 Å². The van der Waals surface area contributed by atoms with E-state index in [0.29, 0.717) is 5.41 Å². The molecule has 0 amide bonds. The summed E-state index contributed by atoms with van der Waals surface area (Å²) in [5.41, 5.74) is 0.421. The summed E-state index contributed by atoms with van der Waals surface area (Å²) >= 11 is 3.51. The maximum absolute atomic E-state index is 3.51. The van der Waals surface area contributed by atoms with Gasteiger partial charge in [-0.05, 0) is 18.3 Å². The molecule has 0 unspecified atom stereocenters. The van der Waals surface area contributed by atoms with Gasteiger partial charge in [0.2, 0.25) is 0 Å². The molecule has 0 fully saturated rings. The molecule has 0 atom stereocenters. The van der Waals surface area contributed by atoms with Crippen LogP contribution in [0.4, 0.5) is 0 Å². The molecule has 0 aliphatic heterocycles. The van der Waals surface area contributed by atoms with Crippen LogP contribution in [0, 0.1) is 5.41 Å². The predicted octanol–water partition coefficient (Wildman–Crippen LogP) is 4.15. The Morgan fingerprint density at radius 1 is 1.27 bits per heavy atom. The van der Waals surface area contributed by atoms with E-state index in [1.165, 1.54) is 19.3 Å². The Morgan fingerprint density at radius 3 is 2.36 bits per heavy atom. The zero-order valence-electron chi connectivity index (χ0n) is 7.86. The Bertz CT molecular complexity index is 114. The van der Waals surface area contributed by atoms with E-state index >= 15 is 0 Å². The van der Waals surface area contributed by atoms with Crippen LogP contribution in [0.2, 0.25) is 0 Å². The summed E-state index contributed by atoms with van der Waals surface area (Å²) in [6, 6.07) is 0. The molecule has 0 aromatic heterocycles. The highest BCUT2D eigenvalue weighted by atomic mass is 79.9. The average Bonchev–Trinajstić information content (AvgIpc) is 1.99. The molecular weight excluding hydrogens is 200 g/mol. The minimum atomic E-state index is 0.421. The summed E-state index contributed by atoms with van der Waals surface area (Å²) in [6.45, 7) is 6.76. The molecule has 66 valence electrons. The molecule has 0 saturated carbocycles. The molecule has 0 aromatic carbocycles. The first-order chi connectivity index (χ1) is 5.12. The average molecular weight is 219 g/mol. The van der Waals surface area contributed by atoms with E-state index in [1.54, 1.807) is 0 Å². The van der Waals surface area contributed by atoms with Gasteiger partial charge in [0.25, 0.3) is 0 Å². The molecular formula is C10H19Br. The van der Waals surface area contributed by atoms with Gasteiger partial charge in [-0.15, -0.1) is 0 Å². The lowest BCUT2D eigenvalue weighted by Gasteiger charge is -2.18. The van der Waals surface area contributed by atoms with Gasteiger partial charge in [-0.1, -0.05) is 55.3 Å². The zero-order valence-corrected chi connectivity index (χ0v) is 9.45. The molecule has 0 aliphatic carbocycles. The van der Waals surface area contributed by atoms with Crippen LogP contribution in [0.25, 0.3) is 0 Å². The standard InChI is InChI=1S/C10H19Br/c1-4-5-6-7-8-10(2,3)9-11/h6-7H,4-5,8-9H2,1-3H3/b7-6+. The second-order valence-electron chi connectivity index (χ2n) is 3.76. The summed E-state index contributed by atoms with van der Waals surface area (Å²) in [4.78, 5) is 0. The van der Waals surface area contributed by atoms with Gasteiger partial charge in [-0.3, -0.25) is 0 Å². The van der Waals surface area contributed by atoms with Crippen LogP contribution in [-0.2, 0) is 0 Å². The van der Waals surface area contributed by atoms with E-state index in [-0.39, 0.29) is 0 Å². The summed E-state index contributed by atoms with van der Waals surface area (Å²) in [5.74, 6) is 0. The van der Waals surface area contributed by atoms with Crippen molar-refractivity contribution in [1.29, 1.82) is 0 Å². The van der Waals surface area contributed by atoms with Crippen molar-refractivity contribution >= 4 is 15.9 Å². The predicted molar refractivity (Wildman–Crippen MR) is 56.2 cm³/mol. The Hall–Kier alpha value is 0.220. The SMILES string of the molecule is CCC/C=C/CC(C)(C)CBr. The van der Waals surface area contributed by atoms with E-state index in [1.807, 2.05) is 0 Å². The fourth-order valence-electron chi connectivity index (χ4n) is 0.741. The normalized spacial score (nSPS) is 12.7. The number of halogens is 1. The van der Waals surface area contributed by atoms with Crippen molar-refractivity contribution < 1.29 is 0 Å². The van der Waals surface area contributed by atoms with Crippen LogP contribution >= 0.6 is 15.9 Å². The maximum Gasteiger partial charge on any atom is 0.00856 e. The number of rotatable bonds is 5. The minimum Gasteiger partial charge on any atom is -0.0922 e. The Kier molecular flexibility index (Phi) is 5.93. The number of hydrogen-bond donors (Lipinski definition) is 0. The van der Waals surface area contributed by atoms with Crippen molar-refractivity contribution in [3.05, 3.63) is 12.2 Å². The van der Waals surface area contributed by atoms with Crippen LogP contribution in [-0.4, -0.2) is 5.33 Å². The van der Waals surface area contributed by atoms with Crippen molar-refractivity contribution in [2.45, 2.75) is 40.0 Å². The largest absolute Gasteiger partial charge is 0.0922 e. The van der Waals surface area contributed by atoms with Crippen molar-refractivity contribution in [3.63, 3.8) is 0 Å². The minimum absolute atomic E-state index is 0.421. The molecule has 0 nitrogen and oxygen atoms in total. The molecule has 1 heteroatoms. The molecule has 0 saturated heterocycles. The van der Waals surface area contributed by atoms with Crippen LogP contribution in [0.1, 0.15) is 40.0 Å². The summed E-state index contributed by atoms with van der Waals surface area (Å²) in [6.07, 6.45) is 8.23. The smallest absolute Gasteiger partial charge is 0.00856 e. The highest BCUT2D eigenvalue weighted by Crippen LogP contribution is 2.23. The van der Waals surface area contributed by atoms with E-state index in [2.05, 4.69) is 48.9 Å². The molecule has 0 heterocycles. The third kappa shape index (κ3) is 6.61. The van der Waals surface area contributed by atoms with E-state index < -0.39 is 0 Å². The van der Waals surface area contributed by atoms with Crippen LogP contribution in [0.15, 0.2) is 12.2 Å². The molecule has 11 heavy (non-hydrogen) atoms. The molecule has 0 radical (unpaired) electrons. The fraction of sp³-hybridized carbons (Fsp3) is 0.800. The van der Waals surface area contributed by atoms with Crippen molar-refractivity contribution in [3.8, 4) is 0 Å². The van der Waals surface area contributed by atoms with Crippen LogP contribution in [0.3, 0.4) is 0 Å². The van der Waals surface area contributed by atoms with Crippen LogP contribution in [0.5, 0.6) is 0 Å². The molecule has 0 aromatic rings. The topological polar surface area (TPSA) is 0 Å². The van der Waals surface area contributed by atoms with Gasteiger partial charge in [0.15, 0.2) is 0 Å². The third-order valence-electron chi connectivity index (χ3n) is 1.65. The van der Waals surface area contributed by atoms with Crippen LogP contribution < -0.4 is 0 Å². The number of hydrogen-bond acceptors (Lipinski definition) is 0. The Balaban J connectivity index is 3.51. The monoisotopic (exact) mass is 218 g/mol. The van der Waals surface area contributed by atoms with Gasteiger partial charge in [0.1, 0.15) is 0 Å². The third-order valence-corrected chi connectivity index (χ3v) is 3.17. The molecule has 0 N–H and O–H groups in total. The van der Waals surface area contributed by atoms with Crippen molar-refractivity contribution in [2.24, 2.45) is 5.41 Å². The molecule has 0 aliphatic rings. The fourth-order valence-corrected chi connectivity index (χ4v) is 0.970. The zero-order chi connectivity index (χ0) is 8.74. The maximum atomic E-state index is 3.51. The van der Waals surface area contributed by atoms with E-state index in [4.69, 9.17) is 0 Å². The number of unbranched alkanes of at least 4 members (excludes halogenated alkanes) is 1. The molecule has 0 spiro atoms. The molecule has 0 bridgehead atoms. The van der Waals surface area contributed by atoms with Gasteiger partial charge in [-0.2, -0.15) is 0 Å². The van der Waals surface area contributed by atoms with Gasteiger partial charge in [-0.25, -0.2) is 0 Å². The first-order valence-corrected chi connectivity index (χ1v) is 5.45. The highest BCUT2D eigenvalue weighted by molar-refractivity contribution is 9.09. The number of allylic oxidation sites excluding steroid dienone is 2. The first-order valence-electron chi connectivity index (χ1n) is 4.33. The molecule has 0 rings (SSSR count). The highest BCUT2D eigenvalue weighted by Gasteiger charge is 2.12. The van der Waals surface area contributed by atoms with Crippen molar-refractivity contribution in [2.75, 3.05) is 5.33 Å². The lowest BCUT2D eigenvalue weighted by molar-refractivity contribution is 0.434. The lowest BCUT2D eigenvalue weighted by atomic mass is 9.92. The Morgan fingerprint density at radius 2 is 1.91 bits per heavy atom. The second kappa shape index (κ2) is 5.82. The summed E-state index contributed by atoms with van der Waals surface area (Å²) in [7, 11) is 0. The van der Waals surface area contributed by atoms with Gasteiger partial charge in [0.05, 0.1) is 0 Å². The second-order valence-corrected chi connectivity index (χ2v) is 4.32. The summed E-state index contributed by atoms with van der Waals surface area (Å²) in [5, 5.41) is 1.08. The summed E-state index contributed by atoms with van der Waals surface area (Å²) < 4.78 is 0. The van der Waals surface area contributed by atoms with Crippen molar-refractivity contribution in [1.82, 2.24) is 0 Å². The Labute approximate surface area is 79.2 Å². The first kappa shape index (κ1) is 11.2. The lowest BCUT2D eigenvalue weighted by Crippen LogP contribution is -2.10. The van der Waals surface area contributed by atoms with E-state index in [0.717, 1.165) is 5.33 Å². The van der Waals surface area contributed by atoms with Gasteiger partial charge in [0, 0.05) is 5.33 Å². The quantitative estimate of drug-likeness (QED) is 0.481.